The average molecular weight is 441 g/mol. The lowest BCUT2D eigenvalue weighted by atomic mass is 10.2. The van der Waals surface area contributed by atoms with Gasteiger partial charge in [-0.3, -0.25) is 19.3 Å². The monoisotopic (exact) mass is 440 g/mol. The summed E-state index contributed by atoms with van der Waals surface area (Å²) < 4.78 is 28.8. The van der Waals surface area contributed by atoms with Gasteiger partial charge >= 0.3 is 0 Å². The largest absolute Gasteiger partial charge is 0.346 e. The lowest BCUT2D eigenvalue weighted by Crippen LogP contribution is -2.36. The smallest absolute Gasteiger partial charge is 0.275 e. The Labute approximate surface area is 181 Å². The number of aryl methyl sites for hydroxylation is 2. The van der Waals surface area contributed by atoms with Crippen molar-refractivity contribution in [1.29, 1.82) is 0 Å². The highest BCUT2D eigenvalue weighted by Gasteiger charge is 2.18. The third-order valence-corrected chi connectivity index (χ3v) is 6.16. The van der Waals surface area contributed by atoms with Gasteiger partial charge in [0.25, 0.3) is 15.6 Å². The van der Waals surface area contributed by atoms with E-state index in [9.17, 15) is 18.0 Å². The van der Waals surface area contributed by atoms with E-state index in [2.05, 4.69) is 15.0 Å². The van der Waals surface area contributed by atoms with Crippen LogP contribution >= 0.6 is 0 Å². The maximum Gasteiger partial charge on any atom is 0.275 e. The van der Waals surface area contributed by atoms with Gasteiger partial charge in [-0.05, 0) is 57.2 Å². The van der Waals surface area contributed by atoms with Crippen molar-refractivity contribution in [2.75, 3.05) is 4.72 Å². The quantitative estimate of drug-likeness (QED) is 0.587. The zero-order chi connectivity index (χ0) is 22.6. The molecule has 1 aromatic carbocycles. The molecule has 31 heavy (non-hydrogen) atoms. The Bertz CT molecular complexity index is 1240. The third-order valence-electron chi connectivity index (χ3n) is 4.78. The minimum Gasteiger partial charge on any atom is -0.346 e. The van der Waals surface area contributed by atoms with Gasteiger partial charge in [0, 0.05) is 11.9 Å². The molecule has 2 N–H and O–H groups in total. The number of amides is 1. The molecule has 2 heterocycles. The number of rotatable bonds is 7. The van der Waals surface area contributed by atoms with Crippen LogP contribution in [0.15, 0.2) is 70.5 Å². The summed E-state index contributed by atoms with van der Waals surface area (Å²) in [4.78, 5) is 29.7. The number of nitrogens with zero attached hydrogens (tertiary/aromatic N) is 2. The highest BCUT2D eigenvalue weighted by Crippen LogP contribution is 2.15. The first-order chi connectivity index (χ1) is 14.7. The number of hydrogen-bond acceptors (Lipinski definition) is 5. The number of hydrogen-bond donors (Lipinski definition) is 2. The summed E-state index contributed by atoms with van der Waals surface area (Å²) in [5.41, 5.74) is 1.42. The highest BCUT2D eigenvalue weighted by molar-refractivity contribution is 7.92. The van der Waals surface area contributed by atoms with Gasteiger partial charge in [-0.1, -0.05) is 23.8 Å². The number of nitrogens with one attached hydrogen (secondary N) is 2. The van der Waals surface area contributed by atoms with Crippen LogP contribution in [0.4, 0.5) is 5.69 Å². The Morgan fingerprint density at radius 1 is 1.06 bits per heavy atom. The molecule has 9 heteroatoms. The molecule has 8 nitrogen and oxygen atoms in total. The summed E-state index contributed by atoms with van der Waals surface area (Å²) >= 11 is 0. The number of anilines is 1. The van der Waals surface area contributed by atoms with Gasteiger partial charge in [0.1, 0.15) is 12.2 Å². The van der Waals surface area contributed by atoms with E-state index in [1.165, 1.54) is 22.8 Å². The van der Waals surface area contributed by atoms with Gasteiger partial charge in [-0.2, -0.15) is 0 Å². The molecule has 0 radical (unpaired) electrons. The van der Waals surface area contributed by atoms with Gasteiger partial charge in [0.15, 0.2) is 0 Å². The van der Waals surface area contributed by atoms with Crippen molar-refractivity contribution in [2.24, 2.45) is 0 Å². The first kappa shape index (κ1) is 22.2. The van der Waals surface area contributed by atoms with E-state index in [1.54, 1.807) is 50.4 Å². The molecule has 2 aromatic heterocycles. The van der Waals surface area contributed by atoms with Gasteiger partial charge < -0.3 is 9.88 Å². The SMILES string of the molecule is Cc1ccc(S(=O)(=O)Nc2ccc(C)n(CC(=O)NC(C)c3ccccn3)c2=O)cc1. The summed E-state index contributed by atoms with van der Waals surface area (Å²) in [6.45, 7) is 5.07. The molecule has 0 bridgehead atoms. The van der Waals surface area contributed by atoms with E-state index in [1.807, 2.05) is 13.0 Å². The molecule has 1 atom stereocenters. The van der Waals surface area contributed by atoms with Crippen LogP contribution in [0.1, 0.15) is 29.9 Å². The van der Waals surface area contributed by atoms with Crippen molar-refractivity contribution < 1.29 is 13.2 Å². The Hall–Kier alpha value is -3.46. The van der Waals surface area contributed by atoms with Gasteiger partial charge in [0.2, 0.25) is 5.91 Å². The van der Waals surface area contributed by atoms with Crippen LogP contribution < -0.4 is 15.6 Å². The van der Waals surface area contributed by atoms with Crippen LogP contribution in [0.5, 0.6) is 0 Å². The molecule has 0 saturated carbocycles. The van der Waals surface area contributed by atoms with E-state index in [-0.39, 0.29) is 29.1 Å². The number of sulfonamides is 1. The van der Waals surface area contributed by atoms with Crippen LogP contribution in [-0.4, -0.2) is 23.9 Å². The van der Waals surface area contributed by atoms with Crippen molar-refractivity contribution in [1.82, 2.24) is 14.9 Å². The van der Waals surface area contributed by atoms with Crippen molar-refractivity contribution in [3.05, 3.63) is 88.1 Å². The molecule has 0 saturated heterocycles. The highest BCUT2D eigenvalue weighted by atomic mass is 32.2. The summed E-state index contributed by atoms with van der Waals surface area (Å²) in [6.07, 6.45) is 1.64. The number of pyridine rings is 2. The summed E-state index contributed by atoms with van der Waals surface area (Å²) in [5, 5.41) is 2.80. The van der Waals surface area contributed by atoms with Crippen molar-refractivity contribution in [2.45, 2.75) is 38.3 Å². The zero-order valence-corrected chi connectivity index (χ0v) is 18.3. The molecular weight excluding hydrogens is 416 g/mol. The molecule has 3 aromatic rings. The van der Waals surface area contributed by atoms with Crippen LogP contribution in [0.25, 0.3) is 0 Å². The molecule has 0 aliphatic carbocycles. The minimum absolute atomic E-state index is 0.0477. The number of benzene rings is 1. The fraction of sp³-hybridized carbons (Fsp3) is 0.227. The standard InChI is InChI=1S/C22H24N4O4S/c1-15-7-10-18(11-8-15)31(29,30)25-20-12-9-16(2)26(22(20)28)14-21(27)24-17(3)19-6-4-5-13-23-19/h4-13,17,25H,14H2,1-3H3,(H,24,27). The number of carbonyl (C=O) groups excluding carboxylic acids is 1. The predicted molar refractivity (Wildman–Crippen MR) is 118 cm³/mol. The van der Waals surface area contributed by atoms with Gasteiger partial charge in [-0.15, -0.1) is 0 Å². The Kier molecular flexibility index (Phi) is 6.55. The van der Waals surface area contributed by atoms with E-state index in [0.717, 1.165) is 5.56 Å². The molecular formula is C22H24N4O4S. The van der Waals surface area contributed by atoms with Crippen LogP contribution in [0.3, 0.4) is 0 Å². The molecule has 162 valence electrons. The zero-order valence-electron chi connectivity index (χ0n) is 17.5. The second-order valence-corrected chi connectivity index (χ2v) is 8.92. The normalized spacial score (nSPS) is 12.2. The summed E-state index contributed by atoms with van der Waals surface area (Å²) in [6, 6.07) is 14.3. The molecule has 0 spiro atoms. The second-order valence-electron chi connectivity index (χ2n) is 7.24. The summed E-state index contributed by atoms with van der Waals surface area (Å²) in [5.74, 6) is -0.387. The Balaban J connectivity index is 1.80. The van der Waals surface area contributed by atoms with Gasteiger partial charge in [0.05, 0.1) is 16.6 Å². The fourth-order valence-corrected chi connectivity index (χ4v) is 4.06. The molecule has 1 unspecified atom stereocenters. The minimum atomic E-state index is -3.94. The first-order valence-corrected chi connectivity index (χ1v) is 11.2. The van der Waals surface area contributed by atoms with Gasteiger partial charge in [-0.25, -0.2) is 8.42 Å². The first-order valence-electron chi connectivity index (χ1n) is 9.67. The average Bonchev–Trinajstić information content (AvgIpc) is 2.74. The van der Waals surface area contributed by atoms with E-state index in [0.29, 0.717) is 11.4 Å². The maximum atomic E-state index is 12.9. The number of carbonyl (C=O) groups is 1. The molecule has 3 rings (SSSR count). The van der Waals surface area contributed by atoms with E-state index in [4.69, 9.17) is 0 Å². The predicted octanol–water partition coefficient (Wildman–Crippen LogP) is 2.54. The number of aromatic nitrogens is 2. The second kappa shape index (κ2) is 9.13. The van der Waals surface area contributed by atoms with E-state index >= 15 is 0 Å². The summed E-state index contributed by atoms with van der Waals surface area (Å²) in [7, 11) is -3.94. The van der Waals surface area contributed by atoms with Crippen molar-refractivity contribution >= 4 is 21.6 Å². The third kappa shape index (κ3) is 5.37. The van der Waals surface area contributed by atoms with Crippen molar-refractivity contribution in [3.8, 4) is 0 Å². The molecule has 0 aliphatic rings. The van der Waals surface area contributed by atoms with Crippen molar-refractivity contribution in [3.63, 3.8) is 0 Å². The Morgan fingerprint density at radius 2 is 1.77 bits per heavy atom. The lowest BCUT2D eigenvalue weighted by Gasteiger charge is -2.16. The van der Waals surface area contributed by atoms with Crippen LogP contribution in [-0.2, 0) is 21.4 Å². The molecule has 0 fully saturated rings. The maximum absolute atomic E-state index is 12.9. The fourth-order valence-electron chi connectivity index (χ4n) is 3.00. The van der Waals surface area contributed by atoms with Crippen LogP contribution in [0, 0.1) is 13.8 Å². The molecule has 1 amide bonds. The molecule has 0 aliphatic heterocycles. The lowest BCUT2D eigenvalue weighted by molar-refractivity contribution is -0.122. The van der Waals surface area contributed by atoms with E-state index < -0.39 is 15.6 Å². The topological polar surface area (TPSA) is 110 Å². The Morgan fingerprint density at radius 3 is 2.42 bits per heavy atom. The van der Waals surface area contributed by atoms with Crippen LogP contribution in [0.2, 0.25) is 0 Å².